The number of ether oxygens (including phenoxy) is 1. The van der Waals surface area contributed by atoms with Gasteiger partial charge in [-0.1, -0.05) is 25.0 Å². The van der Waals surface area contributed by atoms with Crippen LogP contribution in [0.4, 0.5) is 0 Å². The van der Waals surface area contributed by atoms with Crippen molar-refractivity contribution >= 4 is 0 Å². The average Bonchev–Trinajstić information content (AvgIpc) is 2.29. The van der Waals surface area contributed by atoms with Crippen molar-refractivity contribution in [3.05, 3.63) is 29.8 Å². The number of rotatable bonds is 3. The van der Waals surface area contributed by atoms with E-state index in [0.29, 0.717) is 0 Å². The van der Waals surface area contributed by atoms with Crippen LogP contribution in [0.3, 0.4) is 0 Å². The Kier molecular flexibility index (Phi) is 4.73. The van der Waals surface area contributed by atoms with Gasteiger partial charge in [0.1, 0.15) is 11.9 Å². The van der Waals surface area contributed by atoms with E-state index in [4.69, 9.17) is 4.74 Å². The molecular formula is C13H16O2. The first kappa shape index (κ1) is 11.6. The zero-order valence-electron chi connectivity index (χ0n) is 9.16. The molecule has 0 saturated carbocycles. The molecule has 80 valence electrons. The third kappa shape index (κ3) is 3.65. The van der Waals surface area contributed by atoms with E-state index in [1.54, 1.807) is 7.11 Å². The van der Waals surface area contributed by atoms with Crippen LogP contribution in [0.5, 0.6) is 5.75 Å². The van der Waals surface area contributed by atoms with Crippen molar-refractivity contribution in [3.63, 3.8) is 0 Å². The highest BCUT2D eigenvalue weighted by Gasteiger charge is 2.02. The van der Waals surface area contributed by atoms with Gasteiger partial charge >= 0.3 is 0 Å². The maximum atomic E-state index is 9.70. The maximum absolute atomic E-state index is 9.70. The zero-order valence-corrected chi connectivity index (χ0v) is 9.16. The van der Waals surface area contributed by atoms with Crippen molar-refractivity contribution in [3.8, 4) is 17.6 Å². The van der Waals surface area contributed by atoms with Crippen LogP contribution in [0.15, 0.2) is 24.3 Å². The lowest BCUT2D eigenvalue weighted by molar-refractivity contribution is 0.238. The Labute approximate surface area is 90.9 Å². The van der Waals surface area contributed by atoms with E-state index in [0.717, 1.165) is 24.2 Å². The van der Waals surface area contributed by atoms with Gasteiger partial charge in [0.15, 0.2) is 0 Å². The lowest BCUT2D eigenvalue weighted by Gasteiger charge is -2.04. The molecule has 1 aromatic carbocycles. The Morgan fingerprint density at radius 2 is 2.00 bits per heavy atom. The van der Waals surface area contributed by atoms with E-state index in [1.165, 1.54) is 0 Å². The van der Waals surface area contributed by atoms with Gasteiger partial charge in [0.2, 0.25) is 0 Å². The SMILES string of the molecule is CCCC#CC(O)c1ccc(OC)cc1. The quantitative estimate of drug-likeness (QED) is 0.767. The van der Waals surface area contributed by atoms with Crippen LogP contribution in [0.1, 0.15) is 31.4 Å². The molecule has 0 saturated heterocycles. The average molecular weight is 204 g/mol. The molecule has 0 aliphatic rings. The molecule has 0 aromatic heterocycles. The summed E-state index contributed by atoms with van der Waals surface area (Å²) in [5.74, 6) is 6.52. The third-order valence-corrected chi connectivity index (χ3v) is 2.05. The number of aliphatic hydroxyl groups excluding tert-OH is 1. The number of hydrogen-bond donors (Lipinski definition) is 1. The van der Waals surface area contributed by atoms with Crippen molar-refractivity contribution in [2.45, 2.75) is 25.9 Å². The summed E-state index contributed by atoms with van der Waals surface area (Å²) >= 11 is 0. The number of aliphatic hydroxyl groups is 1. The van der Waals surface area contributed by atoms with Crippen LogP contribution >= 0.6 is 0 Å². The van der Waals surface area contributed by atoms with Gasteiger partial charge in [-0.2, -0.15) is 0 Å². The first-order valence-electron chi connectivity index (χ1n) is 5.08. The normalized spacial score (nSPS) is 11.4. The van der Waals surface area contributed by atoms with Crippen LogP contribution < -0.4 is 4.74 Å². The maximum Gasteiger partial charge on any atom is 0.140 e. The molecule has 0 amide bonds. The lowest BCUT2D eigenvalue weighted by Crippen LogP contribution is -1.93. The molecule has 0 bridgehead atoms. The number of hydrogen-bond acceptors (Lipinski definition) is 2. The minimum atomic E-state index is -0.692. The van der Waals surface area contributed by atoms with Gasteiger partial charge < -0.3 is 9.84 Å². The van der Waals surface area contributed by atoms with Crippen LogP contribution in [-0.2, 0) is 0 Å². The van der Waals surface area contributed by atoms with Gasteiger partial charge in [0.05, 0.1) is 7.11 Å². The van der Waals surface area contributed by atoms with Crippen molar-refractivity contribution in [1.82, 2.24) is 0 Å². The number of unbranched alkanes of at least 4 members (excludes halogenated alkanes) is 1. The summed E-state index contributed by atoms with van der Waals surface area (Å²) in [5.41, 5.74) is 0.805. The molecule has 0 heterocycles. The van der Waals surface area contributed by atoms with Gasteiger partial charge in [-0.3, -0.25) is 0 Å². The molecule has 0 spiro atoms. The van der Waals surface area contributed by atoms with Gasteiger partial charge in [-0.25, -0.2) is 0 Å². The van der Waals surface area contributed by atoms with Gasteiger partial charge in [0.25, 0.3) is 0 Å². The second kappa shape index (κ2) is 6.10. The topological polar surface area (TPSA) is 29.5 Å². The molecule has 1 N–H and O–H groups in total. The van der Waals surface area contributed by atoms with Crippen LogP contribution in [-0.4, -0.2) is 12.2 Å². The molecule has 1 rings (SSSR count). The van der Waals surface area contributed by atoms with Gasteiger partial charge in [-0.15, -0.1) is 5.92 Å². The van der Waals surface area contributed by atoms with E-state index >= 15 is 0 Å². The number of methoxy groups -OCH3 is 1. The Balaban J connectivity index is 2.66. The summed E-state index contributed by atoms with van der Waals surface area (Å²) in [4.78, 5) is 0. The van der Waals surface area contributed by atoms with Crippen LogP contribution in [0, 0.1) is 11.8 Å². The molecule has 2 heteroatoms. The summed E-state index contributed by atoms with van der Waals surface area (Å²) < 4.78 is 5.03. The highest BCUT2D eigenvalue weighted by molar-refractivity contribution is 5.31. The molecule has 1 aromatic rings. The van der Waals surface area contributed by atoms with Crippen molar-refractivity contribution < 1.29 is 9.84 Å². The fourth-order valence-corrected chi connectivity index (χ4v) is 1.16. The van der Waals surface area contributed by atoms with E-state index < -0.39 is 6.10 Å². The first-order valence-corrected chi connectivity index (χ1v) is 5.08. The Hall–Kier alpha value is -1.46. The Bertz CT molecular complexity index is 343. The van der Waals surface area contributed by atoms with E-state index in [-0.39, 0.29) is 0 Å². The predicted octanol–water partition coefficient (Wildman–Crippen LogP) is 2.53. The predicted molar refractivity (Wildman–Crippen MR) is 60.6 cm³/mol. The monoisotopic (exact) mass is 204 g/mol. The van der Waals surface area contributed by atoms with Gasteiger partial charge in [-0.05, 0) is 24.1 Å². The molecule has 1 unspecified atom stereocenters. The molecule has 1 atom stereocenters. The van der Waals surface area contributed by atoms with Crippen molar-refractivity contribution in [2.75, 3.05) is 7.11 Å². The van der Waals surface area contributed by atoms with E-state index in [1.807, 2.05) is 24.3 Å². The lowest BCUT2D eigenvalue weighted by atomic mass is 10.1. The summed E-state index contributed by atoms with van der Waals surface area (Å²) in [5, 5.41) is 9.70. The fraction of sp³-hybridized carbons (Fsp3) is 0.385. The largest absolute Gasteiger partial charge is 0.497 e. The minimum absolute atomic E-state index is 0.692. The minimum Gasteiger partial charge on any atom is -0.497 e. The zero-order chi connectivity index (χ0) is 11.1. The standard InChI is InChI=1S/C13H16O2/c1-3-4-5-6-13(14)11-7-9-12(15-2)10-8-11/h7-10,13-14H,3-4H2,1-2H3. The van der Waals surface area contributed by atoms with Crippen LogP contribution in [0.25, 0.3) is 0 Å². The van der Waals surface area contributed by atoms with Gasteiger partial charge in [0, 0.05) is 6.42 Å². The van der Waals surface area contributed by atoms with E-state index in [9.17, 15) is 5.11 Å². The molecular weight excluding hydrogens is 188 g/mol. The summed E-state index contributed by atoms with van der Waals surface area (Å²) in [6.07, 6.45) is 1.15. The molecule has 0 fully saturated rings. The van der Waals surface area contributed by atoms with Crippen molar-refractivity contribution in [2.24, 2.45) is 0 Å². The molecule has 2 nitrogen and oxygen atoms in total. The summed E-state index contributed by atoms with van der Waals surface area (Å²) in [6, 6.07) is 7.29. The van der Waals surface area contributed by atoms with Crippen LogP contribution in [0.2, 0.25) is 0 Å². The Morgan fingerprint density at radius 3 is 2.53 bits per heavy atom. The third-order valence-electron chi connectivity index (χ3n) is 2.05. The van der Waals surface area contributed by atoms with E-state index in [2.05, 4.69) is 18.8 Å². The molecule has 0 aliphatic carbocycles. The highest BCUT2D eigenvalue weighted by Crippen LogP contribution is 2.16. The molecule has 0 radical (unpaired) electrons. The summed E-state index contributed by atoms with van der Waals surface area (Å²) in [7, 11) is 1.62. The number of benzene rings is 1. The summed E-state index contributed by atoms with van der Waals surface area (Å²) in [6.45, 7) is 2.06. The Morgan fingerprint density at radius 1 is 1.33 bits per heavy atom. The molecule has 15 heavy (non-hydrogen) atoms. The fourth-order valence-electron chi connectivity index (χ4n) is 1.16. The van der Waals surface area contributed by atoms with Crippen molar-refractivity contribution in [1.29, 1.82) is 0 Å². The molecule has 0 aliphatic heterocycles. The first-order chi connectivity index (χ1) is 7.27. The highest BCUT2D eigenvalue weighted by atomic mass is 16.5. The second-order valence-electron chi connectivity index (χ2n) is 3.25. The second-order valence-corrected chi connectivity index (χ2v) is 3.25. The smallest absolute Gasteiger partial charge is 0.140 e.